The van der Waals surface area contributed by atoms with Crippen LogP contribution in [0.4, 0.5) is 0 Å². The normalized spacial score (nSPS) is 14.9. The molecule has 0 radical (unpaired) electrons. The molecule has 0 fully saturated rings. The van der Waals surface area contributed by atoms with Crippen molar-refractivity contribution in [3.63, 3.8) is 0 Å². The summed E-state index contributed by atoms with van der Waals surface area (Å²) in [6.45, 7) is 8.54. The van der Waals surface area contributed by atoms with Gasteiger partial charge >= 0.3 is 0 Å². The van der Waals surface area contributed by atoms with E-state index in [4.69, 9.17) is 5.26 Å². The SMILES string of the molecule is CCCCC(CC)CN(C)CC(C)C#N. The van der Waals surface area contributed by atoms with Crippen molar-refractivity contribution in [3.8, 4) is 6.07 Å². The topological polar surface area (TPSA) is 27.0 Å². The Balaban J connectivity index is 3.80. The second-order valence-electron chi connectivity index (χ2n) is 4.67. The summed E-state index contributed by atoms with van der Waals surface area (Å²) in [5.41, 5.74) is 0. The molecule has 0 saturated carbocycles. The largest absolute Gasteiger partial charge is 0.305 e. The molecule has 0 aliphatic carbocycles. The van der Waals surface area contributed by atoms with Crippen molar-refractivity contribution < 1.29 is 0 Å². The third-order valence-corrected chi connectivity index (χ3v) is 2.92. The van der Waals surface area contributed by atoms with Crippen LogP contribution in [0.2, 0.25) is 0 Å². The Morgan fingerprint density at radius 3 is 2.40 bits per heavy atom. The van der Waals surface area contributed by atoms with E-state index in [0.717, 1.165) is 19.0 Å². The van der Waals surface area contributed by atoms with Crippen LogP contribution in [0.1, 0.15) is 46.5 Å². The van der Waals surface area contributed by atoms with Crippen LogP contribution in [0.15, 0.2) is 0 Å². The van der Waals surface area contributed by atoms with Gasteiger partial charge in [-0.2, -0.15) is 5.26 Å². The van der Waals surface area contributed by atoms with Crippen molar-refractivity contribution >= 4 is 0 Å². The maximum Gasteiger partial charge on any atom is 0.0666 e. The van der Waals surface area contributed by atoms with E-state index in [1.807, 2.05) is 6.92 Å². The average Bonchev–Trinajstić information content (AvgIpc) is 2.23. The molecule has 2 unspecified atom stereocenters. The van der Waals surface area contributed by atoms with E-state index in [1.165, 1.54) is 25.7 Å². The van der Waals surface area contributed by atoms with Gasteiger partial charge in [-0.3, -0.25) is 0 Å². The third-order valence-electron chi connectivity index (χ3n) is 2.92. The minimum atomic E-state index is 0.152. The van der Waals surface area contributed by atoms with Gasteiger partial charge in [0.25, 0.3) is 0 Å². The number of unbranched alkanes of at least 4 members (excludes halogenated alkanes) is 1. The smallest absolute Gasteiger partial charge is 0.0666 e. The van der Waals surface area contributed by atoms with Crippen LogP contribution in [0.3, 0.4) is 0 Å². The highest BCUT2D eigenvalue weighted by Gasteiger charge is 2.11. The third kappa shape index (κ3) is 7.39. The number of rotatable bonds is 8. The van der Waals surface area contributed by atoms with Gasteiger partial charge in [0.1, 0.15) is 0 Å². The lowest BCUT2D eigenvalue weighted by Gasteiger charge is -2.23. The first-order valence-electron chi connectivity index (χ1n) is 6.22. The monoisotopic (exact) mass is 210 g/mol. The molecule has 0 aromatic heterocycles. The van der Waals surface area contributed by atoms with E-state index in [1.54, 1.807) is 0 Å². The number of hydrogen-bond donors (Lipinski definition) is 0. The van der Waals surface area contributed by atoms with Gasteiger partial charge in [-0.15, -0.1) is 0 Å². The van der Waals surface area contributed by atoms with Crippen molar-refractivity contribution in [2.75, 3.05) is 20.1 Å². The highest BCUT2D eigenvalue weighted by atomic mass is 15.1. The Morgan fingerprint density at radius 1 is 1.27 bits per heavy atom. The highest BCUT2D eigenvalue weighted by molar-refractivity contribution is 4.81. The van der Waals surface area contributed by atoms with Crippen molar-refractivity contribution in [3.05, 3.63) is 0 Å². The van der Waals surface area contributed by atoms with Gasteiger partial charge in [-0.25, -0.2) is 0 Å². The number of nitrogens with zero attached hydrogens (tertiary/aromatic N) is 2. The first-order chi connectivity index (χ1) is 7.13. The first kappa shape index (κ1) is 14.5. The molecule has 2 atom stereocenters. The maximum atomic E-state index is 8.74. The predicted molar refractivity (Wildman–Crippen MR) is 65.6 cm³/mol. The zero-order valence-corrected chi connectivity index (χ0v) is 10.8. The molecule has 88 valence electrons. The Hall–Kier alpha value is -0.550. The van der Waals surface area contributed by atoms with Gasteiger partial charge in [0.05, 0.1) is 12.0 Å². The summed E-state index contributed by atoms with van der Waals surface area (Å²) in [6.07, 6.45) is 5.21. The molecule has 0 heterocycles. The predicted octanol–water partition coefficient (Wildman–Crippen LogP) is 3.29. The van der Waals surface area contributed by atoms with Crippen LogP contribution in [0, 0.1) is 23.2 Å². The second-order valence-corrected chi connectivity index (χ2v) is 4.67. The van der Waals surface area contributed by atoms with Crippen molar-refractivity contribution in [2.24, 2.45) is 11.8 Å². The van der Waals surface area contributed by atoms with Gasteiger partial charge in [0.15, 0.2) is 0 Å². The van der Waals surface area contributed by atoms with Gasteiger partial charge in [-0.1, -0.05) is 33.1 Å². The molecule has 0 aromatic rings. The van der Waals surface area contributed by atoms with E-state index < -0.39 is 0 Å². The molecule has 2 nitrogen and oxygen atoms in total. The fourth-order valence-electron chi connectivity index (χ4n) is 1.94. The lowest BCUT2D eigenvalue weighted by atomic mass is 9.98. The zero-order valence-electron chi connectivity index (χ0n) is 10.8. The summed E-state index contributed by atoms with van der Waals surface area (Å²) in [5.74, 6) is 0.958. The molecule has 0 N–H and O–H groups in total. The minimum Gasteiger partial charge on any atom is -0.305 e. The average molecular weight is 210 g/mol. The van der Waals surface area contributed by atoms with Crippen LogP contribution in [0.5, 0.6) is 0 Å². The quantitative estimate of drug-likeness (QED) is 0.614. The Kier molecular flexibility index (Phi) is 8.41. The lowest BCUT2D eigenvalue weighted by Crippen LogP contribution is -2.29. The van der Waals surface area contributed by atoms with Gasteiger partial charge in [-0.05, 0) is 26.3 Å². The number of nitriles is 1. The molecule has 0 amide bonds. The molecule has 0 rings (SSSR count). The molecule has 0 aromatic carbocycles. The first-order valence-corrected chi connectivity index (χ1v) is 6.22. The van der Waals surface area contributed by atoms with Crippen LogP contribution >= 0.6 is 0 Å². The standard InChI is InChI=1S/C13H26N2/c1-5-7-8-13(6-2)11-15(4)10-12(3)9-14/h12-13H,5-8,10-11H2,1-4H3. The molecule has 0 spiro atoms. The van der Waals surface area contributed by atoms with Crippen LogP contribution < -0.4 is 0 Å². The van der Waals surface area contributed by atoms with E-state index in [9.17, 15) is 0 Å². The summed E-state index contributed by atoms with van der Waals surface area (Å²) < 4.78 is 0. The molecule has 0 aliphatic heterocycles. The van der Waals surface area contributed by atoms with E-state index >= 15 is 0 Å². The summed E-state index contributed by atoms with van der Waals surface area (Å²) in [7, 11) is 2.13. The van der Waals surface area contributed by atoms with Gasteiger partial charge in [0, 0.05) is 13.1 Å². The maximum absolute atomic E-state index is 8.74. The van der Waals surface area contributed by atoms with Gasteiger partial charge < -0.3 is 4.90 Å². The Morgan fingerprint density at radius 2 is 1.93 bits per heavy atom. The van der Waals surface area contributed by atoms with Crippen molar-refractivity contribution in [1.82, 2.24) is 4.90 Å². The molecule has 2 heteroatoms. The minimum absolute atomic E-state index is 0.152. The van der Waals surface area contributed by atoms with E-state index in [-0.39, 0.29) is 5.92 Å². The van der Waals surface area contributed by atoms with E-state index in [0.29, 0.717) is 0 Å². The lowest BCUT2D eigenvalue weighted by molar-refractivity contribution is 0.246. The van der Waals surface area contributed by atoms with E-state index in [2.05, 4.69) is 31.9 Å². The van der Waals surface area contributed by atoms with Crippen LogP contribution in [0.25, 0.3) is 0 Å². The Bertz CT molecular complexity index is 183. The number of hydrogen-bond acceptors (Lipinski definition) is 2. The second kappa shape index (κ2) is 8.73. The van der Waals surface area contributed by atoms with Gasteiger partial charge in [0.2, 0.25) is 0 Å². The molecular weight excluding hydrogens is 184 g/mol. The summed E-state index contributed by atoms with van der Waals surface area (Å²) >= 11 is 0. The van der Waals surface area contributed by atoms with Crippen molar-refractivity contribution in [2.45, 2.75) is 46.5 Å². The summed E-state index contributed by atoms with van der Waals surface area (Å²) in [5, 5.41) is 8.74. The molecular formula is C13H26N2. The summed E-state index contributed by atoms with van der Waals surface area (Å²) in [6, 6.07) is 2.29. The highest BCUT2D eigenvalue weighted by Crippen LogP contribution is 2.14. The molecule has 15 heavy (non-hydrogen) atoms. The zero-order chi connectivity index (χ0) is 11.7. The Labute approximate surface area is 95.3 Å². The van der Waals surface area contributed by atoms with Crippen molar-refractivity contribution in [1.29, 1.82) is 5.26 Å². The van der Waals surface area contributed by atoms with Crippen LogP contribution in [-0.2, 0) is 0 Å². The fraction of sp³-hybridized carbons (Fsp3) is 0.923. The fourth-order valence-corrected chi connectivity index (χ4v) is 1.94. The van der Waals surface area contributed by atoms with Crippen LogP contribution in [-0.4, -0.2) is 25.0 Å². The molecule has 0 aliphatic rings. The molecule has 0 saturated heterocycles. The summed E-state index contributed by atoms with van der Waals surface area (Å²) in [4.78, 5) is 2.30. The molecule has 0 bridgehead atoms.